The van der Waals surface area contributed by atoms with Crippen LogP contribution < -0.4 is 5.32 Å². The molecule has 0 aliphatic carbocycles. The maximum absolute atomic E-state index is 10.0. The molecule has 0 heterocycles. The van der Waals surface area contributed by atoms with Crippen LogP contribution in [-0.2, 0) is 4.74 Å². The average Bonchev–Trinajstić information content (AvgIpc) is 2.37. The lowest BCUT2D eigenvalue weighted by atomic mass is 10.1. The van der Waals surface area contributed by atoms with Crippen LogP contribution in [0.15, 0.2) is 28.7 Å². The highest BCUT2D eigenvalue weighted by molar-refractivity contribution is 9.10. The van der Waals surface area contributed by atoms with Gasteiger partial charge in [-0.3, -0.25) is 0 Å². The summed E-state index contributed by atoms with van der Waals surface area (Å²) in [7, 11) is 0. The van der Waals surface area contributed by atoms with Gasteiger partial charge in [0.15, 0.2) is 0 Å². The molecule has 0 aromatic heterocycles. The molecule has 0 spiro atoms. The number of nitrogens with one attached hydrogen (secondary N) is 1. The van der Waals surface area contributed by atoms with Crippen molar-refractivity contribution >= 4 is 15.9 Å². The molecule has 4 heteroatoms. The summed E-state index contributed by atoms with van der Waals surface area (Å²) in [5.41, 5.74) is 0.935. The van der Waals surface area contributed by atoms with Gasteiger partial charge >= 0.3 is 0 Å². The van der Waals surface area contributed by atoms with Gasteiger partial charge in [0.2, 0.25) is 0 Å². The number of aliphatic hydroxyl groups excluding tert-OH is 1. The van der Waals surface area contributed by atoms with Crippen LogP contribution in [0.2, 0.25) is 0 Å². The number of hydrogen-bond donors (Lipinski definition) is 2. The van der Waals surface area contributed by atoms with Crippen LogP contribution in [-0.4, -0.2) is 30.9 Å². The minimum absolute atomic E-state index is 0.311. The Morgan fingerprint density at radius 2 is 2.11 bits per heavy atom. The van der Waals surface area contributed by atoms with E-state index in [1.807, 2.05) is 38.1 Å². The summed E-state index contributed by atoms with van der Waals surface area (Å²) >= 11 is 3.41. The molecule has 1 aromatic rings. The van der Waals surface area contributed by atoms with Crippen LogP contribution in [0.25, 0.3) is 0 Å². The minimum atomic E-state index is -0.454. The number of benzene rings is 1. The van der Waals surface area contributed by atoms with E-state index in [0.717, 1.165) is 36.0 Å². The van der Waals surface area contributed by atoms with Crippen LogP contribution in [0.4, 0.5) is 0 Å². The summed E-state index contributed by atoms with van der Waals surface area (Å²) < 4.78 is 6.46. The Morgan fingerprint density at radius 1 is 1.32 bits per heavy atom. The fourth-order valence-corrected chi connectivity index (χ4v) is 2.16. The van der Waals surface area contributed by atoms with E-state index in [9.17, 15) is 5.11 Å². The Balaban J connectivity index is 2.09. The van der Waals surface area contributed by atoms with E-state index < -0.39 is 6.10 Å². The van der Waals surface area contributed by atoms with Crippen molar-refractivity contribution < 1.29 is 9.84 Å². The van der Waals surface area contributed by atoms with Gasteiger partial charge in [-0.2, -0.15) is 0 Å². The van der Waals surface area contributed by atoms with Gasteiger partial charge in [-0.15, -0.1) is 0 Å². The van der Waals surface area contributed by atoms with Gasteiger partial charge in [-0.1, -0.05) is 28.1 Å². The number of ether oxygens (including phenoxy) is 1. The normalized spacial score (nSPS) is 12.9. The summed E-state index contributed by atoms with van der Waals surface area (Å²) in [6.45, 7) is 6.40. The van der Waals surface area contributed by atoms with E-state index in [2.05, 4.69) is 21.2 Å². The van der Waals surface area contributed by atoms with E-state index >= 15 is 0 Å². The number of unbranched alkanes of at least 4 members (excludes halogenated alkanes) is 1. The first-order valence-corrected chi connectivity index (χ1v) is 7.64. The van der Waals surface area contributed by atoms with Crippen LogP contribution in [0.3, 0.4) is 0 Å². The molecule has 19 heavy (non-hydrogen) atoms. The van der Waals surface area contributed by atoms with Gasteiger partial charge < -0.3 is 15.2 Å². The highest BCUT2D eigenvalue weighted by Gasteiger charge is 2.06. The summed E-state index contributed by atoms with van der Waals surface area (Å²) in [6, 6.07) is 7.78. The summed E-state index contributed by atoms with van der Waals surface area (Å²) in [5, 5.41) is 13.3. The number of rotatable bonds is 9. The molecular weight excluding hydrogens is 306 g/mol. The zero-order valence-electron chi connectivity index (χ0n) is 11.7. The highest BCUT2D eigenvalue weighted by atomic mass is 79.9. The van der Waals surface area contributed by atoms with Gasteiger partial charge in [-0.05, 0) is 50.9 Å². The monoisotopic (exact) mass is 329 g/mol. The smallest absolute Gasteiger partial charge is 0.0914 e. The molecular formula is C15H24BrNO2. The molecule has 1 rings (SSSR count). The van der Waals surface area contributed by atoms with Crippen LogP contribution in [0, 0.1) is 0 Å². The quantitative estimate of drug-likeness (QED) is 0.683. The summed E-state index contributed by atoms with van der Waals surface area (Å²) in [4.78, 5) is 0. The van der Waals surface area contributed by atoms with Crippen molar-refractivity contribution in [3.8, 4) is 0 Å². The predicted octanol–water partition coefficient (Wildman–Crippen LogP) is 3.28. The van der Waals surface area contributed by atoms with Gasteiger partial charge in [0.1, 0.15) is 0 Å². The Bertz CT molecular complexity index is 358. The fourth-order valence-electron chi connectivity index (χ4n) is 1.74. The molecule has 0 fully saturated rings. The maximum atomic E-state index is 10.0. The van der Waals surface area contributed by atoms with E-state index in [4.69, 9.17) is 4.74 Å². The molecule has 3 nitrogen and oxygen atoms in total. The van der Waals surface area contributed by atoms with E-state index in [1.165, 1.54) is 0 Å². The molecule has 0 amide bonds. The second-order valence-electron chi connectivity index (χ2n) is 4.90. The van der Waals surface area contributed by atoms with E-state index in [0.29, 0.717) is 12.6 Å². The third-order valence-electron chi connectivity index (χ3n) is 2.77. The fraction of sp³-hybridized carbons (Fsp3) is 0.600. The zero-order valence-corrected chi connectivity index (χ0v) is 13.3. The van der Waals surface area contributed by atoms with Gasteiger partial charge in [-0.25, -0.2) is 0 Å². The third kappa shape index (κ3) is 7.67. The average molecular weight is 330 g/mol. The van der Waals surface area contributed by atoms with E-state index in [1.54, 1.807) is 0 Å². The largest absolute Gasteiger partial charge is 0.387 e. The highest BCUT2D eigenvalue weighted by Crippen LogP contribution is 2.17. The van der Waals surface area contributed by atoms with Gasteiger partial charge in [0, 0.05) is 17.6 Å². The van der Waals surface area contributed by atoms with Crippen molar-refractivity contribution in [1.29, 1.82) is 0 Å². The molecule has 0 aliphatic heterocycles. The first-order chi connectivity index (χ1) is 9.09. The van der Waals surface area contributed by atoms with Crippen LogP contribution >= 0.6 is 15.9 Å². The van der Waals surface area contributed by atoms with Crippen molar-refractivity contribution in [2.75, 3.05) is 19.7 Å². The van der Waals surface area contributed by atoms with Crippen LogP contribution in [0.1, 0.15) is 38.4 Å². The molecule has 0 saturated carbocycles. The molecule has 108 valence electrons. The van der Waals surface area contributed by atoms with Gasteiger partial charge in [0.05, 0.1) is 12.2 Å². The van der Waals surface area contributed by atoms with Crippen LogP contribution in [0.5, 0.6) is 0 Å². The third-order valence-corrected chi connectivity index (χ3v) is 3.26. The molecule has 1 atom stereocenters. The molecule has 0 radical (unpaired) electrons. The second-order valence-corrected chi connectivity index (χ2v) is 5.82. The standard InChI is InChI=1S/C15H24BrNO2/c1-12(2)19-9-4-3-8-17-11-15(18)13-6-5-7-14(16)10-13/h5-7,10,12,15,17-18H,3-4,8-9,11H2,1-2H3. The second kappa shape index (κ2) is 9.48. The topological polar surface area (TPSA) is 41.5 Å². The minimum Gasteiger partial charge on any atom is -0.387 e. The van der Waals surface area contributed by atoms with Crippen molar-refractivity contribution in [2.24, 2.45) is 0 Å². The molecule has 0 aliphatic rings. The van der Waals surface area contributed by atoms with Crippen molar-refractivity contribution in [3.05, 3.63) is 34.3 Å². The number of hydrogen-bond acceptors (Lipinski definition) is 3. The lowest BCUT2D eigenvalue weighted by molar-refractivity contribution is 0.0759. The Hall–Kier alpha value is -0.420. The summed E-state index contributed by atoms with van der Waals surface area (Å²) in [5.74, 6) is 0. The maximum Gasteiger partial charge on any atom is 0.0914 e. The Labute approximate surface area is 124 Å². The molecule has 1 aromatic carbocycles. The van der Waals surface area contributed by atoms with Crippen molar-refractivity contribution in [1.82, 2.24) is 5.32 Å². The van der Waals surface area contributed by atoms with E-state index in [-0.39, 0.29) is 0 Å². The number of aliphatic hydroxyl groups is 1. The Morgan fingerprint density at radius 3 is 2.79 bits per heavy atom. The first kappa shape index (κ1) is 16.6. The molecule has 2 N–H and O–H groups in total. The molecule has 0 saturated heterocycles. The predicted molar refractivity (Wildman–Crippen MR) is 82.3 cm³/mol. The van der Waals surface area contributed by atoms with Gasteiger partial charge in [0.25, 0.3) is 0 Å². The number of halogens is 1. The van der Waals surface area contributed by atoms with Crippen molar-refractivity contribution in [2.45, 2.75) is 38.9 Å². The lowest BCUT2D eigenvalue weighted by Crippen LogP contribution is -2.22. The summed E-state index contributed by atoms with van der Waals surface area (Å²) in [6.07, 6.45) is 1.98. The first-order valence-electron chi connectivity index (χ1n) is 6.85. The Kier molecular flexibility index (Phi) is 8.30. The lowest BCUT2D eigenvalue weighted by Gasteiger charge is -2.13. The molecule has 0 bridgehead atoms. The SMILES string of the molecule is CC(C)OCCCCNCC(O)c1cccc(Br)c1. The molecule has 1 unspecified atom stereocenters. The van der Waals surface area contributed by atoms with Crippen molar-refractivity contribution in [3.63, 3.8) is 0 Å². The zero-order chi connectivity index (χ0) is 14.1.